The summed E-state index contributed by atoms with van der Waals surface area (Å²) in [6.07, 6.45) is 6.20. The summed E-state index contributed by atoms with van der Waals surface area (Å²) >= 11 is 5.69. The molecule has 0 amide bonds. The predicted molar refractivity (Wildman–Crippen MR) is 121 cm³/mol. The molecule has 0 radical (unpaired) electrons. The van der Waals surface area contributed by atoms with Crippen molar-refractivity contribution in [3.63, 3.8) is 0 Å². The summed E-state index contributed by atoms with van der Waals surface area (Å²) in [5.74, 6) is 0. The Morgan fingerprint density at radius 3 is 2.73 bits per heavy atom. The number of nitrogens with zero attached hydrogens (tertiary/aromatic N) is 4. The Morgan fingerprint density at radius 2 is 2.03 bits per heavy atom. The van der Waals surface area contributed by atoms with E-state index in [1.807, 2.05) is 36.7 Å². The first-order valence-corrected chi connectivity index (χ1v) is 10.7. The van der Waals surface area contributed by atoms with Gasteiger partial charge >= 0.3 is 0 Å². The van der Waals surface area contributed by atoms with Gasteiger partial charge in [-0.05, 0) is 67.9 Å². The zero-order valence-electron chi connectivity index (χ0n) is 17.3. The van der Waals surface area contributed by atoms with Crippen LogP contribution in [0.1, 0.15) is 46.7 Å². The molecule has 0 unspecified atom stereocenters. The lowest BCUT2D eigenvalue weighted by atomic mass is 9.96. The van der Waals surface area contributed by atoms with Crippen LogP contribution in [-0.2, 0) is 6.54 Å². The van der Waals surface area contributed by atoms with E-state index in [1.165, 1.54) is 22.5 Å². The van der Waals surface area contributed by atoms with Crippen molar-refractivity contribution in [3.8, 4) is 0 Å². The zero-order valence-corrected chi connectivity index (χ0v) is 18.1. The summed E-state index contributed by atoms with van der Waals surface area (Å²) in [5.41, 5.74) is 5.78. The van der Waals surface area contributed by atoms with Crippen molar-refractivity contribution in [1.82, 2.24) is 24.8 Å². The fourth-order valence-electron chi connectivity index (χ4n) is 4.27. The molecule has 1 fully saturated rings. The molecule has 2 atom stereocenters. The highest BCUT2D eigenvalue weighted by Gasteiger charge is 2.40. The summed E-state index contributed by atoms with van der Waals surface area (Å²) in [6.45, 7) is 5.92. The molecule has 0 saturated carbocycles. The Kier molecular flexibility index (Phi) is 6.11. The molecule has 0 aliphatic carbocycles. The van der Waals surface area contributed by atoms with Gasteiger partial charge in [0, 0.05) is 49.7 Å². The van der Waals surface area contributed by atoms with E-state index in [9.17, 15) is 5.11 Å². The number of hydrogen-bond donors (Lipinski definition) is 2. The van der Waals surface area contributed by atoms with E-state index in [0.717, 1.165) is 12.2 Å². The van der Waals surface area contributed by atoms with Crippen LogP contribution < -0.4 is 5.32 Å². The molecule has 3 aromatic rings. The number of aliphatic hydroxyl groups excluding tert-OH is 1. The summed E-state index contributed by atoms with van der Waals surface area (Å²) in [6, 6.07) is 12.3. The fourth-order valence-corrected chi connectivity index (χ4v) is 4.60. The van der Waals surface area contributed by atoms with Crippen LogP contribution in [0.5, 0.6) is 0 Å². The van der Waals surface area contributed by atoms with Crippen molar-refractivity contribution in [2.24, 2.45) is 0 Å². The molecule has 2 N–H and O–H groups in total. The average Bonchev–Trinajstić information content (AvgIpc) is 3.24. The van der Waals surface area contributed by atoms with Crippen LogP contribution in [0.4, 0.5) is 0 Å². The fraction of sp³-hybridized carbons (Fsp3) is 0.348. The smallest absolute Gasteiger partial charge is 0.170 e. The van der Waals surface area contributed by atoms with Crippen molar-refractivity contribution in [3.05, 3.63) is 83.2 Å². The Bertz CT molecular complexity index is 1010. The zero-order chi connectivity index (χ0) is 21.1. The van der Waals surface area contributed by atoms with Crippen LogP contribution in [-0.4, -0.2) is 42.8 Å². The lowest BCUT2D eigenvalue weighted by Crippen LogP contribution is -2.31. The van der Waals surface area contributed by atoms with Crippen LogP contribution in [0.3, 0.4) is 0 Å². The molecule has 6 nitrogen and oxygen atoms in total. The second kappa shape index (κ2) is 8.93. The van der Waals surface area contributed by atoms with Gasteiger partial charge < -0.3 is 19.9 Å². The maximum Gasteiger partial charge on any atom is 0.170 e. The second-order valence-electron chi connectivity index (χ2n) is 7.67. The van der Waals surface area contributed by atoms with Crippen molar-refractivity contribution < 1.29 is 5.11 Å². The first-order chi connectivity index (χ1) is 14.6. The minimum atomic E-state index is -0.0373. The van der Waals surface area contributed by atoms with E-state index in [0.29, 0.717) is 18.1 Å². The number of thiocarbonyl (C=S) groups is 1. The van der Waals surface area contributed by atoms with Gasteiger partial charge in [0.05, 0.1) is 17.8 Å². The van der Waals surface area contributed by atoms with Crippen molar-refractivity contribution >= 4 is 17.3 Å². The molecule has 1 aliphatic rings. The number of aromatic nitrogens is 3. The third-order valence-corrected chi connectivity index (χ3v) is 6.10. The summed E-state index contributed by atoms with van der Waals surface area (Å²) < 4.78 is 2.33. The number of aryl methyl sites for hydroxylation is 1. The van der Waals surface area contributed by atoms with Gasteiger partial charge in [0.1, 0.15) is 0 Å². The van der Waals surface area contributed by atoms with Gasteiger partial charge in [0.15, 0.2) is 5.11 Å². The topological polar surface area (TPSA) is 66.2 Å². The third kappa shape index (κ3) is 3.95. The van der Waals surface area contributed by atoms with Gasteiger partial charge in [-0.15, -0.1) is 0 Å². The normalized spacial score (nSPS) is 18.6. The van der Waals surface area contributed by atoms with Crippen LogP contribution in [0.25, 0.3) is 0 Å². The summed E-state index contributed by atoms with van der Waals surface area (Å²) in [4.78, 5) is 11.0. The standard InChI is InChI=1S/C23H27N5OS/c1-16-13-19(17(2)28(16)15-18-7-5-9-24-14-18)22-21(20-8-3-4-10-25-20)26-23(30)27(22)11-6-12-29/h3-5,7-10,13-14,21-22,29H,6,11-12,15H2,1-2H3,(H,26,30)/t21-,22-/m0/s1. The van der Waals surface area contributed by atoms with Crippen LogP contribution in [0.2, 0.25) is 0 Å². The van der Waals surface area contributed by atoms with E-state index in [4.69, 9.17) is 12.2 Å². The molecule has 0 spiro atoms. The largest absolute Gasteiger partial charge is 0.396 e. The first kappa shape index (κ1) is 20.5. The summed E-state index contributed by atoms with van der Waals surface area (Å²) in [5, 5.41) is 13.6. The molecule has 0 bridgehead atoms. The first-order valence-electron chi connectivity index (χ1n) is 10.2. The number of nitrogens with one attached hydrogen (secondary N) is 1. The van der Waals surface area contributed by atoms with Crippen LogP contribution in [0.15, 0.2) is 55.0 Å². The van der Waals surface area contributed by atoms with E-state index in [1.54, 1.807) is 6.20 Å². The van der Waals surface area contributed by atoms with Gasteiger partial charge in [0.25, 0.3) is 0 Å². The van der Waals surface area contributed by atoms with E-state index < -0.39 is 0 Å². The molecule has 1 saturated heterocycles. The maximum atomic E-state index is 9.41. The molecule has 3 aromatic heterocycles. The molecule has 156 valence electrons. The molecular formula is C23H27N5OS. The molecule has 7 heteroatoms. The maximum absolute atomic E-state index is 9.41. The van der Waals surface area contributed by atoms with Gasteiger partial charge in [0.2, 0.25) is 0 Å². The number of hydrogen-bond acceptors (Lipinski definition) is 4. The van der Waals surface area contributed by atoms with Crippen LogP contribution in [0, 0.1) is 13.8 Å². The van der Waals surface area contributed by atoms with Gasteiger partial charge in [-0.25, -0.2) is 0 Å². The average molecular weight is 422 g/mol. The highest BCUT2D eigenvalue weighted by molar-refractivity contribution is 7.80. The quantitative estimate of drug-likeness (QED) is 0.571. The van der Waals surface area contributed by atoms with E-state index in [-0.39, 0.29) is 18.7 Å². The third-order valence-electron chi connectivity index (χ3n) is 5.75. The number of pyridine rings is 2. The number of rotatable bonds is 7. The highest BCUT2D eigenvalue weighted by Crippen LogP contribution is 2.40. The van der Waals surface area contributed by atoms with Crippen LogP contribution >= 0.6 is 12.2 Å². The van der Waals surface area contributed by atoms with Gasteiger partial charge in [-0.3, -0.25) is 9.97 Å². The minimum absolute atomic E-state index is 0.0211. The van der Waals surface area contributed by atoms with E-state index >= 15 is 0 Å². The lowest BCUT2D eigenvalue weighted by molar-refractivity contribution is 0.247. The Balaban J connectivity index is 1.74. The highest BCUT2D eigenvalue weighted by atomic mass is 32.1. The second-order valence-corrected chi connectivity index (χ2v) is 8.06. The van der Waals surface area contributed by atoms with Crippen molar-refractivity contribution in [2.45, 2.75) is 38.9 Å². The minimum Gasteiger partial charge on any atom is -0.396 e. The van der Waals surface area contributed by atoms with Crippen molar-refractivity contribution in [1.29, 1.82) is 0 Å². The number of aliphatic hydroxyl groups is 1. The molecule has 30 heavy (non-hydrogen) atoms. The molecule has 1 aliphatic heterocycles. The Morgan fingerprint density at radius 1 is 1.17 bits per heavy atom. The monoisotopic (exact) mass is 421 g/mol. The van der Waals surface area contributed by atoms with Gasteiger partial charge in [-0.1, -0.05) is 12.1 Å². The molecule has 4 heterocycles. The van der Waals surface area contributed by atoms with Gasteiger partial charge in [-0.2, -0.15) is 0 Å². The van der Waals surface area contributed by atoms with E-state index in [2.05, 4.69) is 50.7 Å². The summed E-state index contributed by atoms with van der Waals surface area (Å²) in [7, 11) is 0. The SMILES string of the molecule is Cc1cc([C@H]2[C@H](c3ccccn3)NC(=S)N2CCCO)c(C)n1Cc1cccnc1. The Hall–Kier alpha value is -2.77. The predicted octanol–water partition coefficient (Wildman–Crippen LogP) is 3.30. The molecule has 4 rings (SSSR count). The molecule has 0 aromatic carbocycles. The lowest BCUT2D eigenvalue weighted by Gasteiger charge is -2.28. The molecular weight excluding hydrogens is 394 g/mol. The van der Waals surface area contributed by atoms with Crippen molar-refractivity contribution in [2.75, 3.05) is 13.2 Å². The Labute approximate surface area is 182 Å².